The number of rotatable bonds is 4. The van der Waals surface area contributed by atoms with E-state index < -0.39 is 0 Å². The summed E-state index contributed by atoms with van der Waals surface area (Å²) in [4.78, 5) is 4.17. The van der Waals surface area contributed by atoms with Crippen LogP contribution in [0.25, 0.3) is 0 Å². The average Bonchev–Trinajstić information content (AvgIpc) is 2.84. The van der Waals surface area contributed by atoms with E-state index in [0.29, 0.717) is 11.5 Å². The van der Waals surface area contributed by atoms with Gasteiger partial charge in [-0.2, -0.15) is 16.6 Å². The number of aromatic nitrogens is 1. The smallest absolute Gasteiger partial charge is 0.165 e. The van der Waals surface area contributed by atoms with E-state index in [1.54, 1.807) is 23.5 Å². The Bertz CT molecular complexity index is 557. The standard InChI is InChI=1S/C13H14N4S/c1-9(6-10-4-5-18-8-10)16-13-3-2-11(15)12(7-14)17-13/h2-5,8-9H,6,15H2,1H3,(H,16,17). The molecule has 5 heteroatoms. The second-order valence-electron chi connectivity index (χ2n) is 4.13. The largest absolute Gasteiger partial charge is 0.396 e. The summed E-state index contributed by atoms with van der Waals surface area (Å²) in [5.74, 6) is 0.684. The Labute approximate surface area is 110 Å². The Hall–Kier alpha value is -2.06. The van der Waals surface area contributed by atoms with Crippen molar-refractivity contribution in [3.8, 4) is 6.07 Å². The lowest BCUT2D eigenvalue weighted by Crippen LogP contribution is -2.18. The van der Waals surface area contributed by atoms with Gasteiger partial charge in [-0.3, -0.25) is 0 Å². The molecule has 1 atom stereocenters. The second-order valence-corrected chi connectivity index (χ2v) is 4.91. The lowest BCUT2D eigenvalue weighted by molar-refractivity contribution is 0.787. The first-order chi connectivity index (χ1) is 8.69. The van der Waals surface area contributed by atoms with E-state index in [1.807, 2.05) is 6.07 Å². The molecule has 0 saturated heterocycles. The molecule has 0 amide bonds. The number of hydrogen-bond donors (Lipinski definition) is 2. The van der Waals surface area contributed by atoms with Crippen LogP contribution in [0.4, 0.5) is 11.5 Å². The van der Waals surface area contributed by atoms with Crippen LogP contribution in [0.3, 0.4) is 0 Å². The molecule has 92 valence electrons. The quantitative estimate of drug-likeness (QED) is 0.884. The van der Waals surface area contributed by atoms with Crippen molar-refractivity contribution in [1.82, 2.24) is 4.98 Å². The van der Waals surface area contributed by atoms with Crippen LogP contribution >= 0.6 is 11.3 Å². The first-order valence-electron chi connectivity index (χ1n) is 5.63. The zero-order valence-corrected chi connectivity index (χ0v) is 10.9. The Morgan fingerprint density at radius 2 is 2.33 bits per heavy atom. The number of anilines is 2. The third-order valence-corrected chi connectivity index (χ3v) is 3.28. The zero-order valence-electron chi connectivity index (χ0n) is 10.1. The molecule has 1 unspecified atom stereocenters. The molecule has 0 fully saturated rings. The molecule has 3 N–H and O–H groups in total. The van der Waals surface area contributed by atoms with E-state index in [4.69, 9.17) is 11.0 Å². The van der Waals surface area contributed by atoms with Gasteiger partial charge in [0.2, 0.25) is 0 Å². The number of nitrogens with one attached hydrogen (secondary N) is 1. The number of nitrogens with zero attached hydrogens (tertiary/aromatic N) is 2. The summed E-state index contributed by atoms with van der Waals surface area (Å²) in [6.07, 6.45) is 0.928. The Balaban J connectivity index is 2.03. The van der Waals surface area contributed by atoms with E-state index in [-0.39, 0.29) is 11.7 Å². The molecule has 2 aromatic heterocycles. The van der Waals surface area contributed by atoms with Crippen LogP contribution < -0.4 is 11.1 Å². The first-order valence-corrected chi connectivity index (χ1v) is 6.57. The highest BCUT2D eigenvalue weighted by atomic mass is 32.1. The highest BCUT2D eigenvalue weighted by Gasteiger charge is 2.07. The van der Waals surface area contributed by atoms with E-state index in [0.717, 1.165) is 6.42 Å². The summed E-state index contributed by atoms with van der Waals surface area (Å²) in [5.41, 5.74) is 7.61. The van der Waals surface area contributed by atoms with Gasteiger partial charge in [-0.1, -0.05) is 0 Å². The number of nitrogens with two attached hydrogens (primary N) is 1. The van der Waals surface area contributed by atoms with Crippen LogP contribution in [0.1, 0.15) is 18.2 Å². The minimum atomic E-state index is 0.252. The lowest BCUT2D eigenvalue weighted by atomic mass is 10.1. The maximum atomic E-state index is 8.87. The Morgan fingerprint density at radius 1 is 1.50 bits per heavy atom. The monoisotopic (exact) mass is 258 g/mol. The van der Waals surface area contributed by atoms with Gasteiger partial charge in [0.15, 0.2) is 5.69 Å². The third kappa shape index (κ3) is 2.99. The van der Waals surface area contributed by atoms with Crippen molar-refractivity contribution in [1.29, 1.82) is 5.26 Å². The fraction of sp³-hybridized carbons (Fsp3) is 0.231. The second kappa shape index (κ2) is 5.52. The van der Waals surface area contributed by atoms with Crippen LogP contribution in [0.2, 0.25) is 0 Å². The van der Waals surface area contributed by atoms with Gasteiger partial charge >= 0.3 is 0 Å². The molecule has 0 aliphatic carbocycles. The molecular formula is C13H14N4S. The van der Waals surface area contributed by atoms with Gasteiger partial charge in [-0.05, 0) is 47.9 Å². The summed E-state index contributed by atoms with van der Waals surface area (Å²) in [7, 11) is 0. The van der Waals surface area contributed by atoms with Gasteiger partial charge < -0.3 is 11.1 Å². The van der Waals surface area contributed by atoms with E-state index in [2.05, 4.69) is 34.1 Å². The van der Waals surface area contributed by atoms with Gasteiger partial charge in [0.05, 0.1) is 5.69 Å². The van der Waals surface area contributed by atoms with Gasteiger partial charge in [0.25, 0.3) is 0 Å². The van der Waals surface area contributed by atoms with Gasteiger partial charge in [-0.25, -0.2) is 4.98 Å². The van der Waals surface area contributed by atoms with Gasteiger partial charge in [-0.15, -0.1) is 0 Å². The van der Waals surface area contributed by atoms with Crippen LogP contribution in [0.5, 0.6) is 0 Å². The van der Waals surface area contributed by atoms with Gasteiger partial charge in [0, 0.05) is 6.04 Å². The predicted molar refractivity (Wildman–Crippen MR) is 74.5 cm³/mol. The highest BCUT2D eigenvalue weighted by molar-refractivity contribution is 7.07. The molecule has 0 radical (unpaired) electrons. The zero-order chi connectivity index (χ0) is 13.0. The van der Waals surface area contributed by atoms with Crippen LogP contribution in [-0.2, 0) is 6.42 Å². The van der Waals surface area contributed by atoms with E-state index >= 15 is 0 Å². The molecular weight excluding hydrogens is 244 g/mol. The van der Waals surface area contributed by atoms with Crippen molar-refractivity contribution in [2.45, 2.75) is 19.4 Å². The van der Waals surface area contributed by atoms with Crippen molar-refractivity contribution in [2.75, 3.05) is 11.1 Å². The van der Waals surface area contributed by atoms with Crippen LogP contribution in [0, 0.1) is 11.3 Å². The molecule has 2 heterocycles. The number of thiophene rings is 1. The Kier molecular flexibility index (Phi) is 3.80. The normalized spacial score (nSPS) is 11.8. The third-order valence-electron chi connectivity index (χ3n) is 2.55. The molecule has 2 aromatic rings. The number of nitriles is 1. The molecule has 0 aliphatic heterocycles. The first kappa shape index (κ1) is 12.4. The SMILES string of the molecule is CC(Cc1ccsc1)Nc1ccc(N)c(C#N)n1. The molecule has 0 bridgehead atoms. The summed E-state index contributed by atoms with van der Waals surface area (Å²) in [5, 5.41) is 16.3. The maximum absolute atomic E-state index is 8.87. The van der Waals surface area contributed by atoms with Crippen LogP contribution in [-0.4, -0.2) is 11.0 Å². The van der Waals surface area contributed by atoms with Crippen molar-refractivity contribution < 1.29 is 0 Å². The van der Waals surface area contributed by atoms with Crippen molar-refractivity contribution in [3.63, 3.8) is 0 Å². The molecule has 0 spiro atoms. The number of nitrogen functional groups attached to an aromatic ring is 1. The molecule has 4 nitrogen and oxygen atoms in total. The molecule has 18 heavy (non-hydrogen) atoms. The van der Waals surface area contributed by atoms with E-state index in [9.17, 15) is 0 Å². The highest BCUT2D eigenvalue weighted by Crippen LogP contribution is 2.15. The topological polar surface area (TPSA) is 74.7 Å². The molecule has 0 aliphatic rings. The lowest BCUT2D eigenvalue weighted by Gasteiger charge is -2.14. The van der Waals surface area contributed by atoms with Crippen molar-refractivity contribution >= 4 is 22.8 Å². The maximum Gasteiger partial charge on any atom is 0.165 e. The summed E-state index contributed by atoms with van der Waals surface area (Å²) in [6.45, 7) is 2.09. The van der Waals surface area contributed by atoms with Crippen molar-refractivity contribution in [3.05, 3.63) is 40.2 Å². The Morgan fingerprint density at radius 3 is 3.00 bits per heavy atom. The fourth-order valence-electron chi connectivity index (χ4n) is 1.71. The number of pyridine rings is 1. The molecule has 2 rings (SSSR count). The molecule has 0 aromatic carbocycles. The van der Waals surface area contributed by atoms with Gasteiger partial charge in [0.1, 0.15) is 11.9 Å². The van der Waals surface area contributed by atoms with E-state index in [1.165, 1.54) is 5.56 Å². The number of hydrogen-bond acceptors (Lipinski definition) is 5. The predicted octanol–water partition coefficient (Wildman–Crippen LogP) is 2.64. The average molecular weight is 258 g/mol. The summed E-state index contributed by atoms with van der Waals surface area (Å²) >= 11 is 1.69. The minimum Gasteiger partial charge on any atom is -0.396 e. The summed E-state index contributed by atoms with van der Waals surface area (Å²) < 4.78 is 0. The molecule has 0 saturated carbocycles. The summed E-state index contributed by atoms with van der Waals surface area (Å²) in [6, 6.07) is 7.83. The van der Waals surface area contributed by atoms with Crippen molar-refractivity contribution in [2.24, 2.45) is 0 Å². The van der Waals surface area contributed by atoms with Crippen LogP contribution in [0.15, 0.2) is 29.0 Å². The fourth-order valence-corrected chi connectivity index (χ4v) is 2.39. The minimum absolute atomic E-state index is 0.252.